The lowest BCUT2D eigenvalue weighted by atomic mass is 9.73. The van der Waals surface area contributed by atoms with Crippen LogP contribution in [0, 0.1) is 5.41 Å². The van der Waals surface area contributed by atoms with Crippen molar-refractivity contribution in [2.45, 2.75) is 45.1 Å². The minimum Gasteiger partial charge on any atom is -0.393 e. The van der Waals surface area contributed by atoms with Crippen LogP contribution in [0.25, 0.3) is 0 Å². The van der Waals surface area contributed by atoms with E-state index in [4.69, 9.17) is 5.73 Å². The van der Waals surface area contributed by atoms with Gasteiger partial charge in [-0.05, 0) is 32.1 Å². The van der Waals surface area contributed by atoms with E-state index in [-0.39, 0.29) is 11.5 Å². The molecule has 1 fully saturated rings. The zero-order valence-corrected chi connectivity index (χ0v) is 8.50. The van der Waals surface area contributed by atoms with E-state index in [1.54, 1.807) is 0 Å². The summed E-state index contributed by atoms with van der Waals surface area (Å²) in [5.74, 6) is 0. The normalized spacial score (nSPS) is 35.5. The summed E-state index contributed by atoms with van der Waals surface area (Å²) in [6, 6.07) is 0. The van der Waals surface area contributed by atoms with E-state index in [1.165, 1.54) is 0 Å². The second-order valence-electron chi connectivity index (χ2n) is 4.11. The molecule has 3 N–H and O–H groups in total. The molecular weight excluding hydrogens is 162 g/mol. The van der Waals surface area contributed by atoms with Crippen LogP contribution in [0.2, 0.25) is 0 Å². The predicted molar refractivity (Wildman–Crippen MR) is 55.4 cm³/mol. The lowest BCUT2D eigenvalue weighted by molar-refractivity contribution is 0.0873. The molecule has 0 amide bonds. The van der Waals surface area contributed by atoms with Crippen molar-refractivity contribution in [1.29, 1.82) is 0 Å². The molecule has 0 aromatic carbocycles. The summed E-state index contributed by atoms with van der Waals surface area (Å²) in [5, 5.41) is 9.40. The number of rotatable bonds is 3. The first-order valence-corrected chi connectivity index (χ1v) is 5.28. The Morgan fingerprint density at radius 1 is 1.46 bits per heavy atom. The van der Waals surface area contributed by atoms with Crippen LogP contribution in [0.15, 0.2) is 12.2 Å². The first-order chi connectivity index (χ1) is 6.22. The first kappa shape index (κ1) is 10.7. The Morgan fingerprint density at radius 2 is 2.08 bits per heavy atom. The van der Waals surface area contributed by atoms with E-state index >= 15 is 0 Å². The average Bonchev–Trinajstić information content (AvgIpc) is 2.18. The summed E-state index contributed by atoms with van der Waals surface area (Å²) < 4.78 is 0. The van der Waals surface area contributed by atoms with Gasteiger partial charge in [-0.15, -0.1) is 0 Å². The predicted octanol–water partition coefficient (Wildman–Crippen LogP) is 1.83. The van der Waals surface area contributed by atoms with Crippen molar-refractivity contribution < 1.29 is 5.11 Å². The van der Waals surface area contributed by atoms with Gasteiger partial charge >= 0.3 is 0 Å². The van der Waals surface area contributed by atoms with Gasteiger partial charge in [0.05, 0.1) is 6.10 Å². The molecule has 1 saturated carbocycles. The molecule has 1 rings (SSSR count). The van der Waals surface area contributed by atoms with Crippen LogP contribution in [0.1, 0.15) is 39.0 Å². The van der Waals surface area contributed by atoms with Crippen LogP contribution >= 0.6 is 0 Å². The topological polar surface area (TPSA) is 46.2 Å². The van der Waals surface area contributed by atoms with Gasteiger partial charge in [0.25, 0.3) is 0 Å². The molecule has 0 unspecified atom stereocenters. The summed E-state index contributed by atoms with van der Waals surface area (Å²) in [5.41, 5.74) is 5.98. The van der Waals surface area contributed by atoms with Gasteiger partial charge in [-0.1, -0.05) is 19.1 Å². The van der Waals surface area contributed by atoms with Crippen molar-refractivity contribution in [3.05, 3.63) is 12.2 Å². The quantitative estimate of drug-likeness (QED) is 0.656. The van der Waals surface area contributed by atoms with E-state index < -0.39 is 0 Å². The fourth-order valence-corrected chi connectivity index (χ4v) is 1.98. The Balaban J connectivity index is 2.55. The average molecular weight is 183 g/mol. The van der Waals surface area contributed by atoms with Gasteiger partial charge in [-0.2, -0.15) is 0 Å². The number of hydrogen-bond acceptors (Lipinski definition) is 2. The van der Waals surface area contributed by atoms with Crippen molar-refractivity contribution in [3.8, 4) is 0 Å². The van der Waals surface area contributed by atoms with Crippen LogP contribution < -0.4 is 5.73 Å². The first-order valence-electron chi connectivity index (χ1n) is 5.28. The summed E-state index contributed by atoms with van der Waals surface area (Å²) in [7, 11) is 0. The molecule has 0 aliphatic heterocycles. The van der Waals surface area contributed by atoms with Gasteiger partial charge in [0, 0.05) is 12.0 Å². The monoisotopic (exact) mass is 183 g/mol. The van der Waals surface area contributed by atoms with Crippen molar-refractivity contribution in [1.82, 2.24) is 0 Å². The molecule has 0 aromatic rings. The fourth-order valence-electron chi connectivity index (χ4n) is 1.98. The molecule has 0 bridgehead atoms. The van der Waals surface area contributed by atoms with E-state index in [9.17, 15) is 5.11 Å². The van der Waals surface area contributed by atoms with Crippen molar-refractivity contribution in [2.24, 2.45) is 11.1 Å². The molecule has 0 spiro atoms. The van der Waals surface area contributed by atoms with Gasteiger partial charge in [0.1, 0.15) is 0 Å². The van der Waals surface area contributed by atoms with Crippen molar-refractivity contribution >= 4 is 0 Å². The fraction of sp³-hybridized carbons (Fsp3) is 0.818. The highest BCUT2D eigenvalue weighted by Crippen LogP contribution is 2.36. The Morgan fingerprint density at radius 3 is 2.54 bits per heavy atom. The number of nitrogens with two attached hydrogens (primary N) is 1. The minimum absolute atomic E-state index is 0.0882. The molecule has 0 radical (unpaired) electrons. The highest BCUT2D eigenvalue weighted by atomic mass is 16.3. The smallest absolute Gasteiger partial charge is 0.0540 e. The summed E-state index contributed by atoms with van der Waals surface area (Å²) >= 11 is 0. The second-order valence-corrected chi connectivity index (χ2v) is 4.11. The van der Waals surface area contributed by atoms with Crippen LogP contribution in [0.4, 0.5) is 0 Å². The Kier molecular flexibility index (Phi) is 3.94. The van der Waals surface area contributed by atoms with E-state index in [1.807, 2.05) is 0 Å². The van der Waals surface area contributed by atoms with Crippen LogP contribution in [-0.4, -0.2) is 17.8 Å². The molecule has 76 valence electrons. The van der Waals surface area contributed by atoms with E-state index in [0.717, 1.165) is 38.6 Å². The minimum atomic E-state index is -0.0882. The third kappa shape index (κ3) is 2.82. The van der Waals surface area contributed by atoms with Gasteiger partial charge in [-0.25, -0.2) is 0 Å². The highest BCUT2D eigenvalue weighted by Gasteiger charge is 2.30. The number of aliphatic hydroxyl groups is 1. The Labute approximate surface area is 80.8 Å². The van der Waals surface area contributed by atoms with Gasteiger partial charge < -0.3 is 10.8 Å². The van der Waals surface area contributed by atoms with Gasteiger partial charge in [0.15, 0.2) is 0 Å². The molecule has 0 heterocycles. The van der Waals surface area contributed by atoms with Crippen LogP contribution in [0.3, 0.4) is 0 Å². The third-order valence-electron chi connectivity index (χ3n) is 3.06. The summed E-state index contributed by atoms with van der Waals surface area (Å²) in [6.45, 7) is 2.86. The third-order valence-corrected chi connectivity index (χ3v) is 3.06. The van der Waals surface area contributed by atoms with E-state index in [0.29, 0.717) is 0 Å². The van der Waals surface area contributed by atoms with Gasteiger partial charge in [-0.3, -0.25) is 0 Å². The molecular formula is C11H21NO. The largest absolute Gasteiger partial charge is 0.393 e. The standard InChI is InChI=1S/C11H21NO/c1-2-3-6-11(9-12)7-4-10(13)5-8-11/h3,6,10,13H,2,4-5,7-9,12H2,1H3/b6-3+. The van der Waals surface area contributed by atoms with E-state index in [2.05, 4.69) is 19.1 Å². The maximum atomic E-state index is 9.40. The zero-order valence-electron chi connectivity index (χ0n) is 8.50. The lowest BCUT2D eigenvalue weighted by Crippen LogP contribution is -2.34. The lowest BCUT2D eigenvalue weighted by Gasteiger charge is -2.35. The molecule has 0 atom stereocenters. The van der Waals surface area contributed by atoms with Crippen molar-refractivity contribution in [3.63, 3.8) is 0 Å². The Bertz CT molecular complexity index is 169. The number of hydrogen-bond donors (Lipinski definition) is 2. The number of aliphatic hydroxyl groups excluding tert-OH is 1. The van der Waals surface area contributed by atoms with Crippen LogP contribution in [-0.2, 0) is 0 Å². The molecule has 1 aliphatic carbocycles. The number of allylic oxidation sites excluding steroid dienone is 1. The maximum absolute atomic E-state index is 9.40. The summed E-state index contributed by atoms with van der Waals surface area (Å²) in [6.07, 6.45) is 9.35. The van der Waals surface area contributed by atoms with Crippen LogP contribution in [0.5, 0.6) is 0 Å². The molecule has 13 heavy (non-hydrogen) atoms. The second kappa shape index (κ2) is 4.77. The highest BCUT2D eigenvalue weighted by molar-refractivity contribution is 5.02. The molecule has 1 aliphatic rings. The zero-order chi connectivity index (χ0) is 9.73. The molecule has 0 saturated heterocycles. The Hall–Kier alpha value is -0.340. The maximum Gasteiger partial charge on any atom is 0.0540 e. The molecule has 2 nitrogen and oxygen atoms in total. The molecule has 2 heteroatoms. The van der Waals surface area contributed by atoms with Gasteiger partial charge in [0.2, 0.25) is 0 Å². The SMILES string of the molecule is CC/C=C/C1(CN)CCC(O)CC1. The van der Waals surface area contributed by atoms with Crippen molar-refractivity contribution in [2.75, 3.05) is 6.54 Å². The molecule has 0 aromatic heterocycles. The summed E-state index contributed by atoms with van der Waals surface area (Å²) in [4.78, 5) is 0.